The van der Waals surface area contributed by atoms with Crippen LogP contribution in [0.1, 0.15) is 39.3 Å². The van der Waals surface area contributed by atoms with Gasteiger partial charge in [-0.15, -0.1) is 0 Å². The van der Waals surface area contributed by atoms with Gasteiger partial charge in [0.25, 0.3) is 0 Å². The molecule has 0 aliphatic carbocycles. The van der Waals surface area contributed by atoms with Crippen LogP contribution in [0.4, 0.5) is 13.2 Å². The first-order valence-corrected chi connectivity index (χ1v) is 9.28. The topological polar surface area (TPSA) is 41.6 Å². The quantitative estimate of drug-likeness (QED) is 0.788. The number of alkyl halides is 3. The molecule has 1 unspecified atom stereocenters. The molecule has 2 aromatic rings. The largest absolute Gasteiger partial charge is 0.493 e. The molecule has 1 saturated heterocycles. The number of carbonyl (C=O) groups is 1. The first-order chi connectivity index (χ1) is 13.0. The SMILES string of the molecule is CC(C)COc1ccc2ccc(C(N3CC(C)(C)C(=O)N3)C(F)(F)F)cc2c1. The summed E-state index contributed by atoms with van der Waals surface area (Å²) in [5.74, 6) is 0.559. The summed E-state index contributed by atoms with van der Waals surface area (Å²) in [6, 6.07) is 8.13. The Morgan fingerprint density at radius 2 is 1.82 bits per heavy atom. The molecule has 0 aromatic heterocycles. The van der Waals surface area contributed by atoms with Gasteiger partial charge in [0.2, 0.25) is 5.91 Å². The zero-order valence-corrected chi connectivity index (χ0v) is 16.4. The van der Waals surface area contributed by atoms with E-state index < -0.39 is 23.5 Å². The number of hydrazine groups is 1. The number of rotatable bonds is 5. The Bertz CT molecular complexity index is 878. The van der Waals surface area contributed by atoms with Crippen LogP contribution in [0, 0.1) is 11.3 Å². The van der Waals surface area contributed by atoms with Gasteiger partial charge in [-0.3, -0.25) is 10.2 Å². The highest BCUT2D eigenvalue weighted by molar-refractivity contribution is 5.85. The smallest absolute Gasteiger partial charge is 0.409 e. The van der Waals surface area contributed by atoms with Crippen molar-refractivity contribution < 1.29 is 22.7 Å². The lowest BCUT2D eigenvalue weighted by molar-refractivity contribution is -0.191. The summed E-state index contributed by atoms with van der Waals surface area (Å²) in [7, 11) is 0. The molecule has 1 aliphatic rings. The second-order valence-corrected chi connectivity index (χ2v) is 8.37. The molecule has 0 bridgehead atoms. The summed E-state index contributed by atoms with van der Waals surface area (Å²) in [5, 5.41) is 2.48. The van der Waals surface area contributed by atoms with Crippen LogP contribution in [0.3, 0.4) is 0 Å². The molecule has 1 N–H and O–H groups in total. The fraction of sp³-hybridized carbons (Fsp3) is 0.476. The molecular formula is C21H25F3N2O2. The number of carbonyl (C=O) groups excluding carboxylic acids is 1. The van der Waals surface area contributed by atoms with Crippen molar-refractivity contribution in [2.45, 2.75) is 39.9 Å². The van der Waals surface area contributed by atoms with Gasteiger partial charge < -0.3 is 4.74 Å². The van der Waals surface area contributed by atoms with Gasteiger partial charge in [-0.1, -0.05) is 32.0 Å². The molecule has 0 spiro atoms. The van der Waals surface area contributed by atoms with Crippen LogP contribution in [0.5, 0.6) is 5.75 Å². The van der Waals surface area contributed by atoms with Gasteiger partial charge >= 0.3 is 6.18 Å². The van der Waals surface area contributed by atoms with Crippen molar-refractivity contribution in [2.24, 2.45) is 11.3 Å². The molecule has 1 fully saturated rings. The van der Waals surface area contributed by atoms with Crippen molar-refractivity contribution in [3.05, 3.63) is 42.0 Å². The fourth-order valence-corrected chi connectivity index (χ4v) is 3.29. The predicted molar refractivity (Wildman–Crippen MR) is 102 cm³/mol. The van der Waals surface area contributed by atoms with Crippen molar-refractivity contribution in [1.82, 2.24) is 10.4 Å². The molecule has 1 amide bonds. The van der Waals surface area contributed by atoms with Gasteiger partial charge in [-0.05, 0) is 54.3 Å². The lowest BCUT2D eigenvalue weighted by atomic mass is 9.93. The molecule has 3 rings (SSSR count). The maximum absolute atomic E-state index is 13.9. The minimum atomic E-state index is -4.53. The summed E-state index contributed by atoms with van der Waals surface area (Å²) in [4.78, 5) is 12.0. The lowest BCUT2D eigenvalue weighted by Gasteiger charge is -2.30. The van der Waals surface area contributed by atoms with Crippen LogP contribution in [0.25, 0.3) is 10.8 Å². The van der Waals surface area contributed by atoms with Gasteiger partial charge in [0.05, 0.1) is 12.0 Å². The molecule has 1 atom stereocenters. The lowest BCUT2D eigenvalue weighted by Crippen LogP contribution is -2.43. The van der Waals surface area contributed by atoms with E-state index >= 15 is 0 Å². The van der Waals surface area contributed by atoms with E-state index in [-0.39, 0.29) is 12.1 Å². The minimum absolute atomic E-state index is 0.0222. The van der Waals surface area contributed by atoms with Crippen molar-refractivity contribution >= 4 is 16.7 Å². The minimum Gasteiger partial charge on any atom is -0.493 e. The van der Waals surface area contributed by atoms with Crippen LogP contribution >= 0.6 is 0 Å². The Kier molecular flexibility index (Phi) is 5.32. The molecule has 1 heterocycles. The summed E-state index contributed by atoms with van der Waals surface area (Å²) in [6.07, 6.45) is -4.53. The Balaban J connectivity index is 1.97. The second kappa shape index (κ2) is 7.28. The summed E-state index contributed by atoms with van der Waals surface area (Å²) >= 11 is 0. The Morgan fingerprint density at radius 1 is 1.14 bits per heavy atom. The van der Waals surface area contributed by atoms with Gasteiger partial charge in [-0.25, -0.2) is 5.01 Å². The number of nitrogens with one attached hydrogen (secondary N) is 1. The number of nitrogens with zero attached hydrogens (tertiary/aromatic N) is 1. The number of benzene rings is 2. The molecular weight excluding hydrogens is 369 g/mol. The Hall–Kier alpha value is -2.28. The van der Waals surface area contributed by atoms with E-state index in [9.17, 15) is 18.0 Å². The molecule has 0 radical (unpaired) electrons. The van der Waals surface area contributed by atoms with E-state index in [0.29, 0.717) is 23.7 Å². The van der Waals surface area contributed by atoms with E-state index in [1.807, 2.05) is 26.0 Å². The van der Waals surface area contributed by atoms with E-state index in [0.717, 1.165) is 10.4 Å². The van der Waals surface area contributed by atoms with Gasteiger partial charge in [0.15, 0.2) is 0 Å². The monoisotopic (exact) mass is 394 g/mol. The average molecular weight is 394 g/mol. The van der Waals surface area contributed by atoms with Crippen LogP contribution in [-0.4, -0.2) is 30.2 Å². The van der Waals surface area contributed by atoms with Crippen molar-refractivity contribution in [3.63, 3.8) is 0 Å². The first-order valence-electron chi connectivity index (χ1n) is 9.28. The Labute approximate surface area is 162 Å². The molecule has 152 valence electrons. The van der Waals surface area contributed by atoms with Crippen LogP contribution in [-0.2, 0) is 4.79 Å². The second-order valence-electron chi connectivity index (χ2n) is 8.37. The number of ether oxygens (including phenoxy) is 1. The number of fused-ring (bicyclic) bond motifs is 1. The maximum atomic E-state index is 13.9. The van der Waals surface area contributed by atoms with E-state index in [2.05, 4.69) is 5.43 Å². The van der Waals surface area contributed by atoms with Crippen molar-refractivity contribution in [1.29, 1.82) is 0 Å². The molecule has 0 saturated carbocycles. The highest BCUT2D eigenvalue weighted by Crippen LogP contribution is 2.41. The van der Waals surface area contributed by atoms with Gasteiger partial charge in [0, 0.05) is 6.54 Å². The molecule has 1 aliphatic heterocycles. The molecule has 4 nitrogen and oxygen atoms in total. The third-order valence-corrected chi connectivity index (χ3v) is 4.78. The van der Waals surface area contributed by atoms with E-state index in [4.69, 9.17) is 4.74 Å². The van der Waals surface area contributed by atoms with Crippen molar-refractivity contribution in [3.8, 4) is 5.75 Å². The van der Waals surface area contributed by atoms with Crippen LogP contribution < -0.4 is 10.2 Å². The fourth-order valence-electron chi connectivity index (χ4n) is 3.29. The predicted octanol–water partition coefficient (Wildman–Crippen LogP) is 4.85. The maximum Gasteiger partial charge on any atom is 0.409 e. The third-order valence-electron chi connectivity index (χ3n) is 4.78. The average Bonchev–Trinajstić information content (AvgIpc) is 2.83. The van der Waals surface area contributed by atoms with E-state index in [1.165, 1.54) is 12.1 Å². The summed E-state index contributed by atoms with van der Waals surface area (Å²) < 4.78 is 47.4. The van der Waals surface area contributed by atoms with Crippen LogP contribution in [0.15, 0.2) is 36.4 Å². The zero-order valence-electron chi connectivity index (χ0n) is 16.4. The number of amides is 1. The van der Waals surface area contributed by atoms with Crippen molar-refractivity contribution in [2.75, 3.05) is 13.2 Å². The third kappa shape index (κ3) is 4.24. The normalized spacial score (nSPS) is 18.5. The molecule has 2 aromatic carbocycles. The summed E-state index contributed by atoms with van der Waals surface area (Å²) in [5.41, 5.74) is 1.60. The van der Waals surface area contributed by atoms with Gasteiger partial charge in [-0.2, -0.15) is 13.2 Å². The first kappa shape index (κ1) is 20.5. The highest BCUT2D eigenvalue weighted by Gasteiger charge is 2.51. The van der Waals surface area contributed by atoms with Gasteiger partial charge in [0.1, 0.15) is 11.8 Å². The number of hydrogen-bond acceptors (Lipinski definition) is 3. The highest BCUT2D eigenvalue weighted by atomic mass is 19.4. The summed E-state index contributed by atoms with van der Waals surface area (Å²) in [6.45, 7) is 7.83. The molecule has 7 heteroatoms. The standard InChI is InChI=1S/C21H25F3N2O2/c1-13(2)11-28-17-8-7-14-5-6-15(9-16(14)10-17)18(21(22,23)24)26-12-20(3,4)19(27)25-26/h5-10,13,18H,11-12H2,1-4H3,(H,25,27). The number of hydrogen-bond donors (Lipinski definition) is 1. The van der Waals surface area contributed by atoms with Crippen LogP contribution in [0.2, 0.25) is 0 Å². The van der Waals surface area contributed by atoms with E-state index in [1.54, 1.807) is 26.0 Å². The molecule has 28 heavy (non-hydrogen) atoms. The Morgan fingerprint density at radius 3 is 2.39 bits per heavy atom. The number of halogens is 3. The zero-order chi connectivity index (χ0) is 20.7.